The molecule has 0 bridgehead atoms. The molecule has 7 nitrogen and oxygen atoms in total. The van der Waals surface area contributed by atoms with Gasteiger partial charge in [-0.2, -0.15) is 8.42 Å². The molecule has 0 unspecified atom stereocenters. The summed E-state index contributed by atoms with van der Waals surface area (Å²) in [5, 5.41) is 10.5. The van der Waals surface area contributed by atoms with E-state index in [1.807, 2.05) is 6.92 Å². The van der Waals surface area contributed by atoms with Crippen LogP contribution in [0.2, 0.25) is 0 Å². The molecule has 0 radical (unpaired) electrons. The minimum absolute atomic E-state index is 0.0459. The van der Waals surface area contributed by atoms with Crippen molar-refractivity contribution in [1.82, 2.24) is 0 Å². The van der Waals surface area contributed by atoms with Gasteiger partial charge in [0.2, 0.25) is 0 Å². The summed E-state index contributed by atoms with van der Waals surface area (Å²) in [6, 6.07) is 4.57. The van der Waals surface area contributed by atoms with Gasteiger partial charge in [-0.15, -0.1) is 0 Å². The molecule has 0 aliphatic carbocycles. The molecule has 2 aliphatic heterocycles. The first-order chi connectivity index (χ1) is 11.0. The van der Waals surface area contributed by atoms with Crippen LogP contribution in [0.4, 0.5) is 0 Å². The van der Waals surface area contributed by atoms with E-state index < -0.39 is 34.4 Å². The number of ether oxygens (including phenoxy) is 3. The second-order valence-corrected chi connectivity index (χ2v) is 8.20. The van der Waals surface area contributed by atoms with E-state index in [1.54, 1.807) is 26.0 Å². The molecule has 2 fully saturated rings. The molecule has 1 aromatic rings. The van der Waals surface area contributed by atoms with Crippen LogP contribution in [-0.4, -0.2) is 48.5 Å². The van der Waals surface area contributed by atoms with E-state index in [4.69, 9.17) is 14.2 Å². The van der Waals surface area contributed by atoms with Crippen molar-refractivity contribution in [1.29, 1.82) is 0 Å². The lowest BCUT2D eigenvalue weighted by molar-refractivity contribution is -0.213. The minimum atomic E-state index is -4.35. The third-order valence-corrected chi connectivity index (χ3v) is 5.22. The van der Waals surface area contributed by atoms with Crippen molar-refractivity contribution in [3.8, 4) is 0 Å². The highest BCUT2D eigenvalue weighted by Crippen LogP contribution is 2.38. The molecule has 134 valence electrons. The summed E-state index contributed by atoms with van der Waals surface area (Å²) in [4.78, 5) is -0.195. The van der Waals surface area contributed by atoms with Crippen LogP contribution in [0.15, 0.2) is 23.1 Å². The van der Waals surface area contributed by atoms with Gasteiger partial charge in [-0.1, -0.05) is 17.7 Å². The molecular formula is C16H22O7S. The van der Waals surface area contributed by atoms with E-state index in [9.17, 15) is 18.1 Å². The van der Waals surface area contributed by atoms with Gasteiger partial charge in [-0.05, 0) is 32.4 Å². The van der Waals surface area contributed by atoms with Crippen molar-refractivity contribution >= 4 is 10.1 Å². The lowest BCUT2D eigenvalue weighted by Gasteiger charge is -2.23. The van der Waals surface area contributed by atoms with Gasteiger partial charge >= 0.3 is 0 Å². The quantitative estimate of drug-likeness (QED) is 0.785. The first-order valence-corrected chi connectivity index (χ1v) is 9.25. The largest absolute Gasteiger partial charge is 0.390 e. The van der Waals surface area contributed by atoms with Crippen molar-refractivity contribution in [3.05, 3.63) is 29.3 Å². The van der Waals surface area contributed by atoms with Crippen molar-refractivity contribution in [3.63, 3.8) is 0 Å². The first-order valence-electron chi connectivity index (χ1n) is 7.81. The van der Waals surface area contributed by atoms with Gasteiger partial charge < -0.3 is 19.3 Å². The fraction of sp³-hybridized carbons (Fsp3) is 0.625. The van der Waals surface area contributed by atoms with Gasteiger partial charge in [0.1, 0.15) is 6.10 Å². The minimum Gasteiger partial charge on any atom is -0.390 e. The Bertz CT molecular complexity index is 712. The van der Waals surface area contributed by atoms with Gasteiger partial charge in [-0.3, -0.25) is 4.55 Å². The van der Waals surface area contributed by atoms with E-state index in [2.05, 4.69) is 0 Å². The number of hydrogen-bond acceptors (Lipinski definition) is 6. The van der Waals surface area contributed by atoms with E-state index in [1.165, 1.54) is 6.07 Å². The van der Waals surface area contributed by atoms with E-state index in [0.29, 0.717) is 12.0 Å². The van der Waals surface area contributed by atoms with E-state index in [-0.39, 0.29) is 17.4 Å². The third-order valence-electron chi connectivity index (χ3n) is 4.26. The number of aliphatic hydroxyl groups is 1. The van der Waals surface area contributed by atoms with Crippen LogP contribution in [0.5, 0.6) is 0 Å². The molecule has 2 N–H and O–H groups in total. The Balaban J connectivity index is 1.73. The predicted octanol–water partition coefficient (Wildman–Crippen LogP) is 1.41. The molecule has 3 rings (SSSR count). The molecule has 24 heavy (non-hydrogen) atoms. The fourth-order valence-corrected chi connectivity index (χ4v) is 3.97. The van der Waals surface area contributed by atoms with Crippen LogP contribution in [0.25, 0.3) is 0 Å². The molecule has 0 aromatic heterocycles. The van der Waals surface area contributed by atoms with Gasteiger partial charge in [0, 0.05) is 12.8 Å². The number of aliphatic hydroxyl groups excluding tert-OH is 1. The third kappa shape index (κ3) is 3.63. The maximum absolute atomic E-state index is 11.5. The Hall–Kier alpha value is -1.03. The number of rotatable bonds is 4. The van der Waals surface area contributed by atoms with Gasteiger partial charge in [0.15, 0.2) is 12.1 Å². The molecule has 1 aromatic carbocycles. The first kappa shape index (κ1) is 17.8. The summed E-state index contributed by atoms with van der Waals surface area (Å²) in [7, 11) is -4.35. The summed E-state index contributed by atoms with van der Waals surface area (Å²) in [5.74, 6) is -0.708. The van der Waals surface area contributed by atoms with Crippen LogP contribution < -0.4 is 0 Å². The second-order valence-electron chi connectivity index (χ2n) is 6.81. The zero-order valence-electron chi connectivity index (χ0n) is 13.8. The van der Waals surface area contributed by atoms with Gasteiger partial charge in [-0.25, -0.2) is 0 Å². The monoisotopic (exact) mass is 358 g/mol. The zero-order valence-corrected chi connectivity index (χ0v) is 14.6. The summed E-state index contributed by atoms with van der Waals surface area (Å²) in [5.41, 5.74) is 1.19. The average molecular weight is 358 g/mol. The summed E-state index contributed by atoms with van der Waals surface area (Å²) in [6.45, 7) is 5.40. The van der Waals surface area contributed by atoms with Crippen molar-refractivity contribution in [2.45, 2.75) is 68.9 Å². The van der Waals surface area contributed by atoms with Crippen LogP contribution in [-0.2, 0) is 30.7 Å². The fourth-order valence-electron chi connectivity index (χ4n) is 3.26. The Kier molecular flexibility index (Phi) is 4.48. The molecule has 2 aliphatic rings. The molecule has 0 amide bonds. The predicted molar refractivity (Wildman–Crippen MR) is 84.0 cm³/mol. The lowest BCUT2D eigenvalue weighted by Crippen LogP contribution is -2.32. The second kappa shape index (κ2) is 6.05. The lowest BCUT2D eigenvalue weighted by atomic mass is 10.00. The Labute approximate surface area is 141 Å². The summed E-state index contributed by atoms with van der Waals surface area (Å²) >= 11 is 0. The van der Waals surface area contributed by atoms with Crippen molar-refractivity contribution in [2.75, 3.05) is 0 Å². The highest BCUT2D eigenvalue weighted by molar-refractivity contribution is 7.85. The van der Waals surface area contributed by atoms with Crippen LogP contribution >= 0.6 is 0 Å². The normalized spacial score (nSPS) is 30.3. The van der Waals surface area contributed by atoms with Crippen molar-refractivity contribution in [2.24, 2.45) is 0 Å². The Morgan fingerprint density at radius 2 is 2.04 bits per heavy atom. The molecule has 2 heterocycles. The summed E-state index contributed by atoms with van der Waals surface area (Å²) < 4.78 is 49.4. The van der Waals surface area contributed by atoms with Crippen LogP contribution in [0.1, 0.15) is 31.4 Å². The Morgan fingerprint density at radius 1 is 1.33 bits per heavy atom. The maximum atomic E-state index is 11.5. The number of benzene rings is 1. The average Bonchev–Trinajstić information content (AvgIpc) is 2.90. The smallest absolute Gasteiger partial charge is 0.294 e. The molecule has 2 saturated heterocycles. The molecule has 0 spiro atoms. The molecule has 8 heteroatoms. The van der Waals surface area contributed by atoms with E-state index >= 15 is 0 Å². The topological polar surface area (TPSA) is 102 Å². The molecule has 0 saturated carbocycles. The van der Waals surface area contributed by atoms with Crippen LogP contribution in [0, 0.1) is 6.92 Å². The highest BCUT2D eigenvalue weighted by atomic mass is 32.2. The van der Waals surface area contributed by atoms with Gasteiger partial charge in [0.25, 0.3) is 10.1 Å². The maximum Gasteiger partial charge on any atom is 0.294 e. The standard InChI is InChI=1S/C16H22O7S/c1-9-4-5-14(24(18,19)20)10(6-9)7-11(17)12-8-13-15(21-12)23-16(2,3)22-13/h4-6,11-13,15,17H,7-8H2,1-3H3,(H,18,19,20)/t11-,12+,13-,15-/m1/s1. The molecule has 4 atom stereocenters. The summed E-state index contributed by atoms with van der Waals surface area (Å²) in [6.07, 6.45) is -1.73. The van der Waals surface area contributed by atoms with E-state index in [0.717, 1.165) is 5.56 Å². The molecular weight excluding hydrogens is 336 g/mol. The van der Waals surface area contributed by atoms with Gasteiger partial charge in [0.05, 0.1) is 17.1 Å². The van der Waals surface area contributed by atoms with Crippen molar-refractivity contribution < 1.29 is 32.3 Å². The SMILES string of the molecule is Cc1ccc(S(=O)(=O)O)c(C[C@@H](O)[C@@H]2C[C@H]3OC(C)(C)O[C@H]3O2)c1. The number of fused-ring (bicyclic) bond motifs is 1. The highest BCUT2D eigenvalue weighted by Gasteiger charge is 2.50. The van der Waals surface area contributed by atoms with Crippen LogP contribution in [0.3, 0.4) is 0 Å². The zero-order chi connectivity index (χ0) is 17.7. The number of hydrogen-bond donors (Lipinski definition) is 2. The number of aryl methyl sites for hydroxylation is 1. The Morgan fingerprint density at radius 3 is 2.67 bits per heavy atom.